The Kier molecular flexibility index (Phi) is 8.86. The maximum atomic E-state index is 13.3. The average Bonchev–Trinajstić information content (AvgIpc) is 2.93. The second kappa shape index (κ2) is 10.4. The van der Waals surface area contributed by atoms with Gasteiger partial charge in [0.2, 0.25) is 5.91 Å². The number of hydrogen-bond donors (Lipinski definition) is 0. The van der Waals surface area contributed by atoms with Gasteiger partial charge in [0.1, 0.15) is 11.6 Å². The van der Waals surface area contributed by atoms with E-state index in [1.807, 2.05) is 46.4 Å². The number of allylic oxidation sites excluding steroid dienone is 1. The number of Topliss-reactive ketones (excluding diaryl/α,β-unsaturated/α-hetero) is 2. The van der Waals surface area contributed by atoms with Crippen LogP contribution in [0.5, 0.6) is 0 Å². The predicted octanol–water partition coefficient (Wildman–Crippen LogP) is 6.29. The fourth-order valence-corrected chi connectivity index (χ4v) is 7.49. The predicted molar refractivity (Wildman–Crippen MR) is 134 cm³/mol. The number of ketones is 2. The fourth-order valence-electron chi connectivity index (χ4n) is 5.77. The van der Waals surface area contributed by atoms with Crippen LogP contribution in [-0.2, 0) is 14.4 Å². The maximum Gasteiger partial charge on any atom is 0.240 e. The molecule has 0 aromatic heterocycles. The Balaban J connectivity index is 1.94. The summed E-state index contributed by atoms with van der Waals surface area (Å²) in [6.07, 6.45) is 5.34. The minimum atomic E-state index is -0.408. The highest BCUT2D eigenvalue weighted by atomic mass is 32.2. The van der Waals surface area contributed by atoms with Crippen LogP contribution in [0.1, 0.15) is 93.9 Å². The minimum Gasteiger partial charge on any atom is -0.316 e. The van der Waals surface area contributed by atoms with Crippen LogP contribution in [0.4, 0.5) is 0 Å². The summed E-state index contributed by atoms with van der Waals surface area (Å²) < 4.78 is -0.181. The first kappa shape index (κ1) is 27.1. The number of thioether (sulfide) groups is 1. The van der Waals surface area contributed by atoms with Gasteiger partial charge in [-0.2, -0.15) is 0 Å². The number of likely N-dealkylation sites (tertiary alicyclic amines) is 1. The van der Waals surface area contributed by atoms with Crippen molar-refractivity contribution in [1.82, 2.24) is 4.90 Å². The molecular weight excluding hydrogens is 418 g/mol. The second-order valence-corrected chi connectivity index (χ2v) is 13.8. The lowest BCUT2D eigenvalue weighted by molar-refractivity contribution is -0.130. The van der Waals surface area contributed by atoms with Crippen molar-refractivity contribution < 1.29 is 14.4 Å². The summed E-state index contributed by atoms with van der Waals surface area (Å²) in [6, 6.07) is 0. The molecule has 1 aliphatic heterocycles. The van der Waals surface area contributed by atoms with E-state index in [0.717, 1.165) is 44.3 Å². The first-order chi connectivity index (χ1) is 14.6. The third kappa shape index (κ3) is 6.71. The van der Waals surface area contributed by atoms with Gasteiger partial charge >= 0.3 is 0 Å². The van der Waals surface area contributed by atoms with Crippen molar-refractivity contribution in [2.24, 2.45) is 29.1 Å². The Morgan fingerprint density at radius 3 is 2.09 bits per heavy atom. The van der Waals surface area contributed by atoms with E-state index >= 15 is 0 Å². The number of nitrogens with zero attached hydrogens (tertiary/aromatic N) is 1. The molecule has 1 unspecified atom stereocenters. The summed E-state index contributed by atoms with van der Waals surface area (Å²) in [6.45, 7) is 21.2. The molecule has 4 nitrogen and oxygen atoms in total. The lowest BCUT2D eigenvalue weighted by atomic mass is 9.76. The van der Waals surface area contributed by atoms with Gasteiger partial charge in [-0.1, -0.05) is 62.0 Å². The molecule has 1 atom stereocenters. The standard InChI is InChI=1S/C27H45NO3S/c1-17(2)23(29)21-12-10-20(11-13-21)15-28-19(5)14-22(25(28)31)32-27(8,9)16-26(6,7)24(30)18(3)4/h17-18,20-22H,5,10-16H2,1-4,6-9H3. The van der Waals surface area contributed by atoms with E-state index in [9.17, 15) is 14.4 Å². The van der Waals surface area contributed by atoms with Gasteiger partial charge in [-0.25, -0.2) is 0 Å². The van der Waals surface area contributed by atoms with Crippen LogP contribution < -0.4 is 0 Å². The highest BCUT2D eigenvalue weighted by Crippen LogP contribution is 2.45. The number of carbonyl (C=O) groups excluding carboxylic acids is 3. The number of amides is 1. The van der Waals surface area contributed by atoms with Gasteiger partial charge in [0, 0.05) is 46.6 Å². The summed E-state index contributed by atoms with van der Waals surface area (Å²) in [5.74, 6) is 1.61. The van der Waals surface area contributed by atoms with Crippen molar-refractivity contribution in [3.8, 4) is 0 Å². The van der Waals surface area contributed by atoms with Gasteiger partial charge in [-0.3, -0.25) is 14.4 Å². The Morgan fingerprint density at radius 1 is 1.03 bits per heavy atom. The smallest absolute Gasteiger partial charge is 0.240 e. The monoisotopic (exact) mass is 463 g/mol. The van der Waals surface area contributed by atoms with Gasteiger partial charge in [0.25, 0.3) is 0 Å². The van der Waals surface area contributed by atoms with Crippen LogP contribution >= 0.6 is 11.8 Å². The van der Waals surface area contributed by atoms with E-state index < -0.39 is 5.41 Å². The van der Waals surface area contributed by atoms with E-state index in [4.69, 9.17) is 0 Å². The quantitative estimate of drug-likeness (QED) is 0.382. The first-order valence-electron chi connectivity index (χ1n) is 12.4. The zero-order valence-corrected chi connectivity index (χ0v) is 22.4. The Labute approximate surface area is 200 Å². The molecule has 1 amide bonds. The fraction of sp³-hybridized carbons (Fsp3) is 0.815. The Hall–Kier alpha value is -1.10. The van der Waals surface area contributed by atoms with Crippen molar-refractivity contribution in [2.75, 3.05) is 6.54 Å². The molecule has 0 N–H and O–H groups in total. The molecule has 0 radical (unpaired) electrons. The van der Waals surface area contributed by atoms with Gasteiger partial charge < -0.3 is 4.90 Å². The molecule has 1 saturated heterocycles. The summed E-state index contributed by atoms with van der Waals surface area (Å²) in [5, 5.41) is -0.124. The number of hydrogen-bond acceptors (Lipinski definition) is 4. The van der Waals surface area contributed by atoms with Crippen LogP contribution in [-0.4, -0.2) is 38.9 Å². The van der Waals surface area contributed by atoms with E-state index in [2.05, 4.69) is 20.4 Å². The minimum absolute atomic E-state index is 0.0140. The molecule has 0 aromatic rings. The molecule has 2 aliphatic rings. The normalized spacial score (nSPS) is 25.2. The van der Waals surface area contributed by atoms with Crippen molar-refractivity contribution in [1.29, 1.82) is 0 Å². The molecule has 5 heteroatoms. The van der Waals surface area contributed by atoms with E-state index in [1.54, 1.807) is 11.8 Å². The van der Waals surface area contributed by atoms with E-state index in [1.165, 1.54) is 0 Å². The largest absolute Gasteiger partial charge is 0.316 e. The molecule has 0 aromatic carbocycles. The summed E-state index contributed by atoms with van der Waals surface area (Å²) in [7, 11) is 0. The third-order valence-electron chi connectivity index (χ3n) is 7.12. The van der Waals surface area contributed by atoms with Gasteiger partial charge in [-0.05, 0) is 38.0 Å². The molecule has 182 valence electrons. The highest BCUT2D eigenvalue weighted by molar-refractivity contribution is 8.01. The van der Waals surface area contributed by atoms with Crippen LogP contribution in [0.2, 0.25) is 0 Å². The van der Waals surface area contributed by atoms with Crippen LogP contribution in [0, 0.1) is 29.1 Å². The zero-order chi connectivity index (χ0) is 24.4. The highest BCUT2D eigenvalue weighted by Gasteiger charge is 2.43. The molecule has 0 bridgehead atoms. The van der Waals surface area contributed by atoms with Crippen molar-refractivity contribution >= 4 is 29.2 Å². The second-order valence-electron chi connectivity index (χ2n) is 11.9. The van der Waals surface area contributed by atoms with Gasteiger partial charge in [0.05, 0.1) is 5.25 Å². The average molecular weight is 464 g/mol. The first-order valence-corrected chi connectivity index (χ1v) is 13.3. The van der Waals surface area contributed by atoms with Crippen molar-refractivity contribution in [3.05, 3.63) is 12.3 Å². The molecule has 1 aliphatic carbocycles. The molecule has 32 heavy (non-hydrogen) atoms. The number of rotatable bonds is 10. The molecule has 0 spiro atoms. The Morgan fingerprint density at radius 2 is 1.59 bits per heavy atom. The molecule has 2 rings (SSSR count). The van der Waals surface area contributed by atoms with Gasteiger partial charge in [0.15, 0.2) is 0 Å². The molecular formula is C27H45NO3S. The zero-order valence-electron chi connectivity index (χ0n) is 21.6. The van der Waals surface area contributed by atoms with Crippen LogP contribution in [0.3, 0.4) is 0 Å². The lowest BCUT2D eigenvalue weighted by Gasteiger charge is -2.36. The third-order valence-corrected chi connectivity index (χ3v) is 8.56. The van der Waals surface area contributed by atoms with Crippen molar-refractivity contribution in [2.45, 2.75) is 104 Å². The van der Waals surface area contributed by atoms with Crippen molar-refractivity contribution in [3.63, 3.8) is 0 Å². The summed E-state index contributed by atoms with van der Waals surface area (Å²) in [5.41, 5.74) is 0.510. The van der Waals surface area contributed by atoms with Gasteiger partial charge in [-0.15, -0.1) is 11.8 Å². The lowest BCUT2D eigenvalue weighted by Crippen LogP contribution is -2.38. The SMILES string of the molecule is C=C1CC(SC(C)(C)CC(C)(C)C(=O)C(C)C)C(=O)N1CC1CCC(C(=O)C(C)C)CC1. The summed E-state index contributed by atoms with van der Waals surface area (Å²) >= 11 is 1.70. The molecule has 1 heterocycles. The maximum absolute atomic E-state index is 13.3. The number of carbonyl (C=O) groups is 3. The summed E-state index contributed by atoms with van der Waals surface area (Å²) in [4.78, 5) is 40.1. The van der Waals surface area contributed by atoms with E-state index in [0.29, 0.717) is 18.1 Å². The molecule has 1 saturated carbocycles. The molecule has 2 fully saturated rings. The Bertz CT molecular complexity index is 729. The van der Waals surface area contributed by atoms with Crippen LogP contribution in [0.25, 0.3) is 0 Å². The topological polar surface area (TPSA) is 54.5 Å². The van der Waals surface area contributed by atoms with E-state index in [-0.39, 0.29) is 39.4 Å². The van der Waals surface area contributed by atoms with Crippen LogP contribution in [0.15, 0.2) is 12.3 Å².